The van der Waals surface area contributed by atoms with Crippen molar-refractivity contribution in [1.29, 1.82) is 0 Å². The van der Waals surface area contributed by atoms with Gasteiger partial charge >= 0.3 is 0 Å². The molecule has 15 heavy (non-hydrogen) atoms. The Morgan fingerprint density at radius 3 is 2.40 bits per heavy atom. The molecule has 0 aromatic heterocycles. The summed E-state index contributed by atoms with van der Waals surface area (Å²) in [5.74, 6) is 0.208. The van der Waals surface area contributed by atoms with E-state index in [4.69, 9.17) is 0 Å². The standard InChI is InChI=1S/C12H17NOS/c1-8-4-10(3)11(5-9(8)2)6-13-12(14)7-15/h4-5,15H,6-7H2,1-3H3,(H,13,14). The highest BCUT2D eigenvalue weighted by Crippen LogP contribution is 2.14. The summed E-state index contributed by atoms with van der Waals surface area (Å²) in [6.07, 6.45) is 0. The van der Waals surface area contributed by atoms with Gasteiger partial charge in [0.1, 0.15) is 0 Å². The smallest absolute Gasteiger partial charge is 0.229 e. The third-order valence-corrected chi connectivity index (χ3v) is 2.86. The number of nitrogens with one attached hydrogen (secondary N) is 1. The number of benzene rings is 1. The average Bonchev–Trinajstić information content (AvgIpc) is 2.21. The SMILES string of the molecule is Cc1cc(C)c(CNC(=O)CS)cc1C. The van der Waals surface area contributed by atoms with Crippen LogP contribution in [0.5, 0.6) is 0 Å². The highest BCUT2D eigenvalue weighted by atomic mass is 32.1. The lowest BCUT2D eigenvalue weighted by atomic mass is 10.0. The van der Waals surface area contributed by atoms with Gasteiger partial charge in [0.2, 0.25) is 5.91 Å². The van der Waals surface area contributed by atoms with Gasteiger partial charge in [-0.1, -0.05) is 12.1 Å². The maximum absolute atomic E-state index is 11.1. The third kappa shape index (κ3) is 3.27. The van der Waals surface area contributed by atoms with E-state index in [0.717, 1.165) is 0 Å². The molecule has 0 fully saturated rings. The number of carbonyl (C=O) groups is 1. The molecule has 1 rings (SSSR count). The van der Waals surface area contributed by atoms with Crippen LogP contribution < -0.4 is 5.32 Å². The number of carbonyl (C=O) groups excluding carboxylic acids is 1. The number of amides is 1. The number of aryl methyl sites for hydroxylation is 3. The Labute approximate surface area is 96.5 Å². The molecule has 3 heteroatoms. The quantitative estimate of drug-likeness (QED) is 0.755. The van der Waals surface area contributed by atoms with Crippen molar-refractivity contribution in [3.8, 4) is 0 Å². The van der Waals surface area contributed by atoms with E-state index in [1.807, 2.05) is 0 Å². The van der Waals surface area contributed by atoms with Crippen LogP contribution >= 0.6 is 12.6 Å². The van der Waals surface area contributed by atoms with Crippen LogP contribution in [0.3, 0.4) is 0 Å². The Kier molecular flexibility index (Phi) is 4.21. The lowest BCUT2D eigenvalue weighted by Crippen LogP contribution is -2.24. The third-order valence-electron chi connectivity index (χ3n) is 2.57. The molecule has 82 valence electrons. The molecule has 0 radical (unpaired) electrons. The summed E-state index contributed by atoms with van der Waals surface area (Å²) >= 11 is 3.91. The summed E-state index contributed by atoms with van der Waals surface area (Å²) in [4.78, 5) is 11.1. The molecule has 1 amide bonds. The van der Waals surface area contributed by atoms with Crippen molar-refractivity contribution < 1.29 is 4.79 Å². The van der Waals surface area contributed by atoms with Gasteiger partial charge in [-0.2, -0.15) is 12.6 Å². The molecule has 0 saturated heterocycles. The fourth-order valence-corrected chi connectivity index (χ4v) is 1.57. The zero-order chi connectivity index (χ0) is 11.4. The van der Waals surface area contributed by atoms with Crippen LogP contribution in [-0.4, -0.2) is 11.7 Å². The molecule has 0 atom stereocenters. The Morgan fingerprint density at radius 1 is 1.20 bits per heavy atom. The molecular formula is C12H17NOS. The van der Waals surface area contributed by atoms with Crippen LogP contribution in [0.15, 0.2) is 12.1 Å². The Hall–Kier alpha value is -0.960. The first-order valence-corrected chi connectivity index (χ1v) is 5.62. The fourth-order valence-electron chi connectivity index (χ4n) is 1.46. The summed E-state index contributed by atoms with van der Waals surface area (Å²) in [5, 5.41) is 2.82. The Bertz CT molecular complexity index is 374. The summed E-state index contributed by atoms with van der Waals surface area (Å²) < 4.78 is 0. The highest BCUT2D eigenvalue weighted by molar-refractivity contribution is 7.81. The van der Waals surface area contributed by atoms with E-state index in [-0.39, 0.29) is 11.7 Å². The highest BCUT2D eigenvalue weighted by Gasteiger charge is 2.03. The molecule has 0 bridgehead atoms. The second kappa shape index (κ2) is 5.21. The monoisotopic (exact) mass is 223 g/mol. The molecule has 1 aromatic rings. The molecule has 0 aliphatic carbocycles. The number of hydrogen-bond donors (Lipinski definition) is 2. The van der Waals surface area contributed by atoms with E-state index in [0.29, 0.717) is 6.54 Å². The molecule has 0 aliphatic rings. The van der Waals surface area contributed by atoms with Crippen molar-refractivity contribution >= 4 is 18.5 Å². The first-order chi connectivity index (χ1) is 7.04. The minimum atomic E-state index is -0.0315. The number of thiol groups is 1. The van der Waals surface area contributed by atoms with Gasteiger partial charge in [-0.15, -0.1) is 0 Å². The van der Waals surface area contributed by atoms with Crippen molar-refractivity contribution in [2.75, 3.05) is 5.75 Å². The van der Waals surface area contributed by atoms with Crippen LogP contribution in [0.25, 0.3) is 0 Å². The maximum atomic E-state index is 11.1. The van der Waals surface area contributed by atoms with Crippen LogP contribution in [0.4, 0.5) is 0 Å². The number of hydrogen-bond acceptors (Lipinski definition) is 2. The van der Waals surface area contributed by atoms with Crippen LogP contribution in [-0.2, 0) is 11.3 Å². The summed E-state index contributed by atoms with van der Waals surface area (Å²) in [7, 11) is 0. The van der Waals surface area contributed by atoms with Gasteiger partial charge in [0, 0.05) is 6.54 Å². The van der Waals surface area contributed by atoms with E-state index in [2.05, 4.69) is 50.8 Å². The maximum Gasteiger partial charge on any atom is 0.229 e. The minimum absolute atomic E-state index is 0.0315. The topological polar surface area (TPSA) is 29.1 Å². The van der Waals surface area contributed by atoms with Gasteiger partial charge in [-0.05, 0) is 43.0 Å². The van der Waals surface area contributed by atoms with E-state index in [9.17, 15) is 4.79 Å². The fraction of sp³-hybridized carbons (Fsp3) is 0.417. The Morgan fingerprint density at radius 2 is 1.80 bits per heavy atom. The van der Waals surface area contributed by atoms with Crippen LogP contribution in [0.2, 0.25) is 0 Å². The molecule has 0 spiro atoms. The molecule has 0 aliphatic heterocycles. The lowest BCUT2D eigenvalue weighted by molar-refractivity contribution is -0.118. The summed E-state index contributed by atoms with van der Waals surface area (Å²) in [6.45, 7) is 6.83. The second-order valence-electron chi connectivity index (χ2n) is 3.80. The lowest BCUT2D eigenvalue weighted by Gasteiger charge is -2.10. The zero-order valence-corrected chi connectivity index (χ0v) is 10.3. The second-order valence-corrected chi connectivity index (χ2v) is 4.11. The molecule has 1 N–H and O–H groups in total. The summed E-state index contributed by atoms with van der Waals surface area (Å²) in [6, 6.07) is 4.28. The first kappa shape index (κ1) is 12.1. The van der Waals surface area contributed by atoms with Crippen LogP contribution in [0, 0.1) is 20.8 Å². The van der Waals surface area contributed by atoms with Crippen molar-refractivity contribution in [2.45, 2.75) is 27.3 Å². The molecule has 2 nitrogen and oxygen atoms in total. The van der Waals surface area contributed by atoms with Gasteiger partial charge < -0.3 is 5.32 Å². The van der Waals surface area contributed by atoms with E-state index < -0.39 is 0 Å². The van der Waals surface area contributed by atoms with E-state index in [1.54, 1.807) is 0 Å². The van der Waals surface area contributed by atoms with Gasteiger partial charge in [-0.3, -0.25) is 4.79 Å². The molecule has 0 saturated carbocycles. The van der Waals surface area contributed by atoms with Crippen molar-refractivity contribution in [1.82, 2.24) is 5.32 Å². The average molecular weight is 223 g/mol. The predicted molar refractivity (Wildman–Crippen MR) is 66.4 cm³/mol. The first-order valence-electron chi connectivity index (χ1n) is 4.99. The van der Waals surface area contributed by atoms with Crippen molar-refractivity contribution in [3.05, 3.63) is 34.4 Å². The van der Waals surface area contributed by atoms with E-state index in [1.165, 1.54) is 22.3 Å². The van der Waals surface area contributed by atoms with Gasteiger partial charge in [-0.25, -0.2) is 0 Å². The van der Waals surface area contributed by atoms with Crippen molar-refractivity contribution in [3.63, 3.8) is 0 Å². The molecule has 1 aromatic carbocycles. The van der Waals surface area contributed by atoms with E-state index >= 15 is 0 Å². The van der Waals surface area contributed by atoms with Crippen LogP contribution in [0.1, 0.15) is 22.3 Å². The molecule has 0 heterocycles. The zero-order valence-electron chi connectivity index (χ0n) is 9.42. The largest absolute Gasteiger partial charge is 0.351 e. The van der Waals surface area contributed by atoms with Gasteiger partial charge in [0.25, 0.3) is 0 Å². The molecular weight excluding hydrogens is 206 g/mol. The number of rotatable bonds is 3. The predicted octanol–water partition coefficient (Wildman–Crippen LogP) is 2.16. The van der Waals surface area contributed by atoms with Gasteiger partial charge in [0.15, 0.2) is 0 Å². The minimum Gasteiger partial charge on any atom is -0.351 e. The van der Waals surface area contributed by atoms with Gasteiger partial charge in [0.05, 0.1) is 5.75 Å². The Balaban J connectivity index is 2.77. The van der Waals surface area contributed by atoms with Crippen molar-refractivity contribution in [2.24, 2.45) is 0 Å². The molecule has 0 unspecified atom stereocenters. The summed E-state index contributed by atoms with van der Waals surface area (Å²) in [5.41, 5.74) is 4.94. The normalized spacial score (nSPS) is 10.1.